The molecule has 2 aliphatic rings. The lowest BCUT2D eigenvalue weighted by atomic mass is 9.82. The molecule has 2 aromatic carbocycles. The summed E-state index contributed by atoms with van der Waals surface area (Å²) >= 11 is 3.54. The number of benzene rings is 2. The van der Waals surface area contributed by atoms with E-state index in [0.29, 0.717) is 106 Å². The van der Waals surface area contributed by atoms with Crippen molar-refractivity contribution in [2.75, 3.05) is 73.0 Å². The number of ether oxygens (including phenoxy) is 2. The van der Waals surface area contributed by atoms with E-state index in [1.807, 2.05) is 68.4 Å². The number of halogens is 5. The van der Waals surface area contributed by atoms with Gasteiger partial charge in [-0.05, 0) is 66.2 Å². The quantitative estimate of drug-likeness (QED) is 0.0746. The van der Waals surface area contributed by atoms with E-state index < -0.39 is 30.4 Å². The van der Waals surface area contributed by atoms with Crippen molar-refractivity contribution in [3.05, 3.63) is 186 Å². The molecule has 2 saturated heterocycles. The molecule has 0 saturated carbocycles. The van der Waals surface area contributed by atoms with E-state index in [2.05, 4.69) is 71.3 Å². The van der Waals surface area contributed by atoms with Crippen LogP contribution in [0.2, 0.25) is 0 Å². The average Bonchev–Trinajstić information content (AvgIpc) is 3.59. The monoisotopic (exact) mass is 1140 g/mol. The van der Waals surface area contributed by atoms with Gasteiger partial charge in [-0.25, -0.2) is 37.5 Å². The minimum atomic E-state index is -1.40. The Morgan fingerprint density at radius 1 is 0.550 bits per heavy atom. The molecule has 80 heavy (non-hydrogen) atoms. The summed E-state index contributed by atoms with van der Waals surface area (Å²) in [5.74, 6) is -1.20. The SMILES string of the molecule is Cc1c(-c2ccccn2)nc2cc(F)cc(F)c2c1Nc1cc(N2CCOCC2)ncc1-c1cccnc1.Cc1c(-c2ccccn2)nc2cc(F)cc(F)c2c1Nc1cc(N2CCOCC2)ncc1Br.OB(O)c1cccnc1. The third kappa shape index (κ3) is 12.5. The molecule has 0 bridgehead atoms. The molecule has 2 fully saturated rings. The van der Waals surface area contributed by atoms with E-state index >= 15 is 8.78 Å². The average molecular weight is 1150 g/mol. The minimum absolute atomic E-state index is 0.196. The zero-order valence-electron chi connectivity index (χ0n) is 43.2. The summed E-state index contributed by atoms with van der Waals surface area (Å²) < 4.78 is 70.4. The van der Waals surface area contributed by atoms with E-state index in [0.717, 1.165) is 48.0 Å². The van der Waals surface area contributed by atoms with Crippen molar-refractivity contribution in [3.8, 4) is 33.9 Å². The van der Waals surface area contributed by atoms with Gasteiger partial charge in [0.25, 0.3) is 0 Å². The van der Waals surface area contributed by atoms with Gasteiger partial charge in [-0.2, -0.15) is 0 Å². The number of rotatable bonds is 10. The first-order chi connectivity index (χ1) is 38.9. The van der Waals surface area contributed by atoms with Crippen LogP contribution >= 0.6 is 15.9 Å². The van der Waals surface area contributed by atoms with Crippen molar-refractivity contribution >= 4 is 84.7 Å². The fraction of sp³-hybridized carbons (Fsp3) is 0.172. The third-order valence-electron chi connectivity index (χ3n) is 13.2. The van der Waals surface area contributed by atoms with E-state index in [1.165, 1.54) is 18.3 Å². The molecule has 0 aliphatic carbocycles. The number of nitrogens with one attached hydrogen (secondary N) is 2. The van der Waals surface area contributed by atoms with Gasteiger partial charge in [0.1, 0.15) is 34.9 Å². The highest BCUT2D eigenvalue weighted by molar-refractivity contribution is 9.10. The molecule has 0 unspecified atom stereocenters. The predicted octanol–water partition coefficient (Wildman–Crippen LogP) is 10.3. The maximum atomic E-state index is 15.3. The first kappa shape index (κ1) is 54.8. The standard InChI is InChI=1S/C29H24F2N6O.C24H20BrF2N5O.C5H6BNO2/c1-18-28(23-6-2-3-8-33-23)36-25-14-20(30)13-22(31)27(25)29(18)35-24-15-26(37-9-11-38-12-10-37)34-17-21(24)19-5-4-7-32-16-19;1-14-23(18-4-2-3-5-28-18)31-20-11-15(26)10-17(27)22(20)24(14)30-19-12-21(29-13-16(19)25)32-6-8-33-9-7-32;8-6(9)5-2-1-3-7-4-5/h2-8,13-17H,9-12H2,1H3,(H,34,35,36);2-5,10-13H,6-9H2,1H3,(H,29,30,31);1-4,8-9H. The Labute approximate surface area is 465 Å². The molecule has 404 valence electrons. The maximum absolute atomic E-state index is 15.3. The second kappa shape index (κ2) is 25.1. The highest BCUT2D eigenvalue weighted by atomic mass is 79.9. The summed E-state index contributed by atoms with van der Waals surface area (Å²) in [4.78, 5) is 39.5. The third-order valence-corrected chi connectivity index (χ3v) is 13.8. The second-order valence-electron chi connectivity index (χ2n) is 18.4. The van der Waals surface area contributed by atoms with Crippen LogP contribution in [-0.2, 0) is 9.47 Å². The summed E-state index contributed by atoms with van der Waals surface area (Å²) in [6.07, 6.45) is 13.3. The second-order valence-corrected chi connectivity index (χ2v) is 19.2. The topological polar surface area (TPSA) is 193 Å². The van der Waals surface area contributed by atoms with Gasteiger partial charge in [-0.1, -0.05) is 24.3 Å². The lowest BCUT2D eigenvalue weighted by Crippen LogP contribution is -2.36. The molecular weight excluding hydrogens is 1100 g/mol. The van der Waals surface area contributed by atoms with Crippen LogP contribution < -0.4 is 25.9 Å². The van der Waals surface area contributed by atoms with Crippen molar-refractivity contribution < 1.29 is 37.1 Å². The van der Waals surface area contributed by atoms with Crippen LogP contribution in [0, 0.1) is 37.1 Å². The molecule has 12 rings (SSSR count). The summed E-state index contributed by atoms with van der Waals surface area (Å²) in [6.45, 7) is 9.13. The number of anilines is 6. The first-order valence-corrected chi connectivity index (χ1v) is 26.1. The number of pyridine rings is 8. The molecule has 0 amide bonds. The molecule has 22 heteroatoms. The Morgan fingerprint density at radius 2 is 1.05 bits per heavy atom. The van der Waals surface area contributed by atoms with Gasteiger partial charge in [0.15, 0.2) is 0 Å². The summed E-state index contributed by atoms with van der Waals surface area (Å²) in [5, 5.41) is 24.3. The predicted molar refractivity (Wildman–Crippen MR) is 305 cm³/mol. The smallest absolute Gasteiger partial charge is 0.423 e. The molecule has 10 heterocycles. The van der Waals surface area contributed by atoms with E-state index in [9.17, 15) is 8.78 Å². The number of fused-ring (bicyclic) bond motifs is 2. The van der Waals surface area contributed by atoms with Gasteiger partial charge < -0.3 is 40.0 Å². The van der Waals surface area contributed by atoms with Crippen LogP contribution in [0.25, 0.3) is 55.7 Å². The van der Waals surface area contributed by atoms with Crippen LogP contribution in [0.1, 0.15) is 11.1 Å². The van der Waals surface area contributed by atoms with E-state index in [-0.39, 0.29) is 21.8 Å². The maximum Gasteiger partial charge on any atom is 0.490 e. The van der Waals surface area contributed by atoms with Crippen molar-refractivity contribution in [3.63, 3.8) is 0 Å². The molecule has 0 spiro atoms. The van der Waals surface area contributed by atoms with Crippen LogP contribution in [0.3, 0.4) is 0 Å². The zero-order valence-corrected chi connectivity index (χ0v) is 44.7. The Balaban J connectivity index is 0.000000157. The number of hydrogen-bond donors (Lipinski definition) is 4. The summed E-state index contributed by atoms with van der Waals surface area (Å²) in [7, 11) is -1.40. The highest BCUT2D eigenvalue weighted by Gasteiger charge is 2.24. The Hall–Kier alpha value is -8.54. The lowest BCUT2D eigenvalue weighted by Gasteiger charge is -2.28. The summed E-state index contributed by atoms with van der Waals surface area (Å²) in [5.41, 5.74) is 8.55. The molecule has 2 aliphatic heterocycles. The van der Waals surface area contributed by atoms with Gasteiger partial charge in [-0.15, -0.1) is 0 Å². The fourth-order valence-electron chi connectivity index (χ4n) is 9.18. The molecule has 0 radical (unpaired) electrons. The van der Waals surface area contributed by atoms with Gasteiger partial charge in [0, 0.05) is 140 Å². The Kier molecular flexibility index (Phi) is 17.2. The highest BCUT2D eigenvalue weighted by Crippen LogP contribution is 2.41. The molecule has 8 aromatic heterocycles. The van der Waals surface area contributed by atoms with Crippen LogP contribution in [0.4, 0.5) is 51.9 Å². The number of morpholine rings is 2. The molecule has 4 N–H and O–H groups in total. The molecule has 16 nitrogen and oxygen atoms in total. The fourth-order valence-corrected chi connectivity index (χ4v) is 9.50. The van der Waals surface area contributed by atoms with Gasteiger partial charge in [0.05, 0.1) is 98.2 Å². The van der Waals surface area contributed by atoms with E-state index in [1.54, 1.807) is 61.6 Å². The van der Waals surface area contributed by atoms with Gasteiger partial charge in [0.2, 0.25) is 0 Å². The van der Waals surface area contributed by atoms with Crippen LogP contribution in [-0.4, -0.2) is 110 Å². The van der Waals surface area contributed by atoms with Crippen LogP contribution in [0.5, 0.6) is 0 Å². The van der Waals surface area contributed by atoms with Crippen LogP contribution in [0.15, 0.2) is 151 Å². The first-order valence-electron chi connectivity index (χ1n) is 25.3. The van der Waals surface area contributed by atoms with Gasteiger partial charge in [-0.3, -0.25) is 19.9 Å². The van der Waals surface area contributed by atoms with Crippen molar-refractivity contribution in [2.45, 2.75) is 13.8 Å². The van der Waals surface area contributed by atoms with Gasteiger partial charge >= 0.3 is 7.12 Å². The Morgan fingerprint density at radius 3 is 1.51 bits per heavy atom. The largest absolute Gasteiger partial charge is 0.490 e. The molecule has 10 aromatic rings. The molecule has 0 atom stereocenters. The van der Waals surface area contributed by atoms with E-state index in [4.69, 9.17) is 24.5 Å². The summed E-state index contributed by atoms with van der Waals surface area (Å²) in [6, 6.07) is 26.1. The normalized spacial score (nSPS) is 13.3. The minimum Gasteiger partial charge on any atom is -0.423 e. The number of aromatic nitrogens is 8. The van der Waals surface area contributed by atoms with Crippen molar-refractivity contribution in [2.24, 2.45) is 0 Å². The lowest BCUT2D eigenvalue weighted by molar-refractivity contribution is 0.122. The Bertz CT molecular complexity index is 3780. The van der Waals surface area contributed by atoms with Crippen molar-refractivity contribution in [1.82, 2.24) is 39.9 Å². The van der Waals surface area contributed by atoms with Crippen molar-refractivity contribution in [1.29, 1.82) is 0 Å². The number of hydrogen-bond acceptors (Lipinski definition) is 16. The number of nitrogens with zero attached hydrogens (tertiary/aromatic N) is 10. The molecular formula is C58H50BBrF4N12O4. The zero-order chi connectivity index (χ0) is 55.7.